The first kappa shape index (κ1) is 10.9. The lowest BCUT2D eigenvalue weighted by atomic mass is 9.85. The average molecular weight is 254 g/mol. The highest BCUT2D eigenvalue weighted by Gasteiger charge is 2.59. The fourth-order valence-corrected chi connectivity index (χ4v) is 3.78. The Balaban J connectivity index is 1.77. The lowest BCUT2D eigenvalue weighted by Gasteiger charge is -2.16. The van der Waals surface area contributed by atoms with Crippen LogP contribution in [0.2, 0.25) is 0 Å². The standard InChI is InChI=1S/C15H14N2O2/c1-8-3-2-4-11(16-8)17-14(18)12-9-5-6-10(7-9)13(12)15(17)19/h2-6,9-10,12-13H,7H2,1H3/t9-,10-,12+,13+/m1/s1. The number of hydrogen-bond acceptors (Lipinski definition) is 3. The second-order valence-electron chi connectivity index (χ2n) is 5.65. The van der Waals surface area contributed by atoms with Crippen molar-refractivity contribution in [2.24, 2.45) is 23.7 Å². The SMILES string of the molecule is Cc1cccc(N2C(=O)[C@@H]3[C@@H](C2=O)[C@@H]2C=C[C@@H]3C2)n1. The van der Waals surface area contributed by atoms with E-state index in [1.54, 1.807) is 6.07 Å². The molecule has 4 rings (SSSR count). The Morgan fingerprint density at radius 1 is 1.11 bits per heavy atom. The van der Waals surface area contributed by atoms with Crippen molar-refractivity contribution >= 4 is 17.6 Å². The highest BCUT2D eigenvalue weighted by molar-refractivity contribution is 6.22. The zero-order valence-corrected chi connectivity index (χ0v) is 10.6. The van der Waals surface area contributed by atoms with Gasteiger partial charge >= 0.3 is 0 Å². The molecule has 0 spiro atoms. The van der Waals surface area contributed by atoms with Crippen LogP contribution in [0.1, 0.15) is 12.1 Å². The molecular formula is C15H14N2O2. The molecule has 19 heavy (non-hydrogen) atoms. The predicted molar refractivity (Wildman–Crippen MR) is 69.2 cm³/mol. The molecule has 2 amide bonds. The van der Waals surface area contributed by atoms with E-state index in [2.05, 4.69) is 17.1 Å². The number of pyridine rings is 1. The Bertz CT molecular complexity index is 592. The number of aromatic nitrogens is 1. The van der Waals surface area contributed by atoms with Crippen LogP contribution in [-0.4, -0.2) is 16.8 Å². The molecule has 0 N–H and O–H groups in total. The van der Waals surface area contributed by atoms with E-state index in [0.29, 0.717) is 5.82 Å². The lowest BCUT2D eigenvalue weighted by molar-refractivity contribution is -0.123. The third kappa shape index (κ3) is 1.31. The molecule has 1 saturated heterocycles. The van der Waals surface area contributed by atoms with Crippen LogP contribution in [0.4, 0.5) is 5.82 Å². The number of carbonyl (C=O) groups is 2. The van der Waals surface area contributed by atoms with Gasteiger partial charge < -0.3 is 0 Å². The van der Waals surface area contributed by atoms with Crippen LogP contribution in [-0.2, 0) is 9.59 Å². The van der Waals surface area contributed by atoms with E-state index in [1.807, 2.05) is 19.1 Å². The van der Waals surface area contributed by atoms with Gasteiger partial charge in [0.2, 0.25) is 11.8 Å². The quantitative estimate of drug-likeness (QED) is 0.566. The van der Waals surface area contributed by atoms with E-state index < -0.39 is 0 Å². The fraction of sp³-hybridized carbons (Fsp3) is 0.400. The number of amides is 2. The Morgan fingerprint density at radius 3 is 2.32 bits per heavy atom. The van der Waals surface area contributed by atoms with Crippen molar-refractivity contribution < 1.29 is 9.59 Å². The molecule has 4 heteroatoms. The second kappa shape index (κ2) is 3.53. The zero-order chi connectivity index (χ0) is 13.1. The molecule has 4 atom stereocenters. The molecule has 0 unspecified atom stereocenters. The van der Waals surface area contributed by atoms with Crippen molar-refractivity contribution in [1.82, 2.24) is 4.98 Å². The minimum absolute atomic E-state index is 0.0649. The molecule has 96 valence electrons. The van der Waals surface area contributed by atoms with E-state index in [9.17, 15) is 9.59 Å². The molecule has 1 saturated carbocycles. The monoisotopic (exact) mass is 254 g/mol. The molecule has 1 aromatic rings. The molecule has 2 fully saturated rings. The van der Waals surface area contributed by atoms with E-state index >= 15 is 0 Å². The topological polar surface area (TPSA) is 50.3 Å². The summed E-state index contributed by atoms with van der Waals surface area (Å²) >= 11 is 0. The van der Waals surface area contributed by atoms with Gasteiger partial charge in [-0.3, -0.25) is 9.59 Å². The number of imide groups is 1. The predicted octanol–water partition coefficient (Wildman–Crippen LogP) is 1.70. The summed E-state index contributed by atoms with van der Waals surface area (Å²) in [7, 11) is 0. The van der Waals surface area contributed by atoms with Crippen LogP contribution in [0.3, 0.4) is 0 Å². The first-order valence-corrected chi connectivity index (χ1v) is 6.66. The smallest absolute Gasteiger partial charge is 0.239 e. The Kier molecular flexibility index (Phi) is 2.03. The van der Waals surface area contributed by atoms with Crippen molar-refractivity contribution in [3.63, 3.8) is 0 Å². The normalized spacial score (nSPS) is 35.3. The summed E-state index contributed by atoms with van der Waals surface area (Å²) in [6.45, 7) is 1.86. The molecule has 2 heterocycles. The molecule has 1 aromatic heterocycles. The van der Waals surface area contributed by atoms with Gasteiger partial charge in [0, 0.05) is 5.69 Å². The van der Waals surface area contributed by atoms with E-state index in [-0.39, 0.29) is 35.5 Å². The maximum Gasteiger partial charge on any atom is 0.239 e. The summed E-state index contributed by atoms with van der Waals surface area (Å²) in [5.74, 6) is 0.552. The average Bonchev–Trinajstić information content (AvgIpc) is 3.04. The number of nitrogens with zero attached hydrogens (tertiary/aromatic N) is 2. The van der Waals surface area contributed by atoms with Crippen LogP contribution in [0, 0.1) is 30.6 Å². The summed E-state index contributed by atoms with van der Waals surface area (Å²) in [4.78, 5) is 30.7. The van der Waals surface area contributed by atoms with Gasteiger partial charge in [0.1, 0.15) is 5.82 Å². The maximum absolute atomic E-state index is 12.5. The minimum atomic E-state index is -0.148. The van der Waals surface area contributed by atoms with Gasteiger partial charge in [-0.15, -0.1) is 0 Å². The maximum atomic E-state index is 12.5. The summed E-state index contributed by atoms with van der Waals surface area (Å²) in [6, 6.07) is 5.43. The Labute approximate surface area is 111 Å². The summed E-state index contributed by atoms with van der Waals surface area (Å²) in [6.07, 6.45) is 5.16. The highest BCUT2D eigenvalue weighted by Crippen LogP contribution is 2.52. The number of fused-ring (bicyclic) bond motifs is 5. The van der Waals surface area contributed by atoms with Gasteiger partial charge in [0.05, 0.1) is 11.8 Å². The third-order valence-electron chi connectivity index (χ3n) is 4.57. The van der Waals surface area contributed by atoms with Gasteiger partial charge in [-0.05, 0) is 37.3 Å². The van der Waals surface area contributed by atoms with E-state index in [4.69, 9.17) is 0 Å². The van der Waals surface area contributed by atoms with Crippen LogP contribution in [0.25, 0.3) is 0 Å². The van der Waals surface area contributed by atoms with Gasteiger partial charge in [-0.1, -0.05) is 18.2 Å². The van der Waals surface area contributed by atoms with Crippen molar-refractivity contribution in [1.29, 1.82) is 0 Å². The largest absolute Gasteiger partial charge is 0.274 e. The molecule has 0 radical (unpaired) electrons. The number of carbonyl (C=O) groups excluding carboxylic acids is 2. The van der Waals surface area contributed by atoms with Crippen molar-refractivity contribution in [3.05, 3.63) is 36.0 Å². The van der Waals surface area contributed by atoms with E-state index in [1.165, 1.54) is 4.90 Å². The van der Waals surface area contributed by atoms with Gasteiger partial charge in [0.25, 0.3) is 0 Å². The van der Waals surface area contributed by atoms with Crippen LogP contribution in [0.5, 0.6) is 0 Å². The van der Waals surface area contributed by atoms with Crippen LogP contribution >= 0.6 is 0 Å². The van der Waals surface area contributed by atoms with Gasteiger partial charge in [0.15, 0.2) is 0 Å². The first-order chi connectivity index (χ1) is 9.16. The number of hydrogen-bond donors (Lipinski definition) is 0. The molecule has 2 aliphatic carbocycles. The van der Waals surface area contributed by atoms with Crippen LogP contribution < -0.4 is 4.90 Å². The third-order valence-corrected chi connectivity index (χ3v) is 4.57. The van der Waals surface area contributed by atoms with Crippen LogP contribution in [0.15, 0.2) is 30.4 Å². The lowest BCUT2D eigenvalue weighted by Crippen LogP contribution is -2.33. The van der Waals surface area contributed by atoms with Crippen molar-refractivity contribution in [2.45, 2.75) is 13.3 Å². The molecule has 1 aliphatic heterocycles. The number of allylic oxidation sites excluding steroid dienone is 2. The summed E-state index contributed by atoms with van der Waals surface area (Å²) < 4.78 is 0. The van der Waals surface area contributed by atoms with Crippen molar-refractivity contribution in [3.8, 4) is 0 Å². The molecule has 3 aliphatic rings. The number of rotatable bonds is 1. The van der Waals surface area contributed by atoms with E-state index in [0.717, 1.165) is 12.1 Å². The zero-order valence-electron chi connectivity index (χ0n) is 10.6. The Hall–Kier alpha value is -1.97. The molecule has 2 bridgehead atoms. The van der Waals surface area contributed by atoms with Gasteiger partial charge in [-0.2, -0.15) is 0 Å². The fourth-order valence-electron chi connectivity index (χ4n) is 3.78. The minimum Gasteiger partial charge on any atom is -0.274 e. The Morgan fingerprint density at radius 2 is 1.74 bits per heavy atom. The molecule has 4 nitrogen and oxygen atoms in total. The molecular weight excluding hydrogens is 240 g/mol. The molecule has 0 aromatic carbocycles. The number of anilines is 1. The summed E-state index contributed by atoms with van der Waals surface area (Å²) in [5.41, 5.74) is 0.816. The first-order valence-electron chi connectivity index (χ1n) is 6.66. The van der Waals surface area contributed by atoms with Crippen molar-refractivity contribution in [2.75, 3.05) is 4.90 Å². The summed E-state index contributed by atoms with van der Waals surface area (Å²) in [5, 5.41) is 0. The van der Waals surface area contributed by atoms with Gasteiger partial charge in [-0.25, -0.2) is 9.88 Å². The second-order valence-corrected chi connectivity index (χ2v) is 5.65. The number of aryl methyl sites for hydroxylation is 1. The highest BCUT2D eigenvalue weighted by atomic mass is 16.2.